The molecule has 0 heterocycles. The van der Waals surface area contributed by atoms with Crippen molar-refractivity contribution < 1.29 is 4.79 Å². The topological polar surface area (TPSA) is 120 Å². The maximum atomic E-state index is 11.2. The lowest BCUT2D eigenvalue weighted by molar-refractivity contribution is -0.122. The van der Waals surface area contributed by atoms with E-state index in [9.17, 15) is 4.79 Å². The van der Waals surface area contributed by atoms with Gasteiger partial charge in [-0.1, -0.05) is 5.92 Å². The smallest absolute Gasteiger partial charge is 0.237 e. The summed E-state index contributed by atoms with van der Waals surface area (Å²) in [6, 6.07) is -0.562. The van der Waals surface area contributed by atoms with Crippen molar-refractivity contribution in [1.82, 2.24) is 5.32 Å². The van der Waals surface area contributed by atoms with Gasteiger partial charge in [-0.05, 0) is 12.8 Å². The zero-order chi connectivity index (χ0) is 11.7. The second-order valence-corrected chi connectivity index (χ2v) is 2.98. The first-order chi connectivity index (χ1) is 7.07. The molecular weight excluding hydrogens is 265 g/mol. The molecule has 6 nitrogen and oxygen atoms in total. The summed E-state index contributed by atoms with van der Waals surface area (Å²) in [5.41, 5.74) is 15.8. The minimum absolute atomic E-state index is 0. The Morgan fingerprint density at radius 3 is 2.47 bits per heavy atom. The van der Waals surface area contributed by atoms with Crippen LogP contribution in [-0.2, 0) is 4.79 Å². The number of carbonyl (C=O) groups is 1. The van der Waals surface area contributed by atoms with Crippen molar-refractivity contribution in [1.29, 1.82) is 0 Å². The minimum Gasteiger partial charge on any atom is -0.370 e. The number of hydrogen-bond acceptors (Lipinski definition) is 3. The van der Waals surface area contributed by atoms with Crippen molar-refractivity contribution in [2.24, 2.45) is 22.2 Å². The summed E-state index contributed by atoms with van der Waals surface area (Å²) in [4.78, 5) is 15.0. The highest BCUT2D eigenvalue weighted by atomic mass is 35.5. The molecule has 0 aromatic rings. The van der Waals surface area contributed by atoms with Gasteiger partial charge < -0.3 is 22.5 Å². The number of hydrogen-bond donors (Lipinski definition) is 4. The van der Waals surface area contributed by atoms with Crippen LogP contribution in [0.4, 0.5) is 0 Å². The molecule has 0 aliphatic heterocycles. The van der Waals surface area contributed by atoms with E-state index in [1.807, 2.05) is 0 Å². The highest BCUT2D eigenvalue weighted by Crippen LogP contribution is 1.94. The quantitative estimate of drug-likeness (QED) is 0.215. The van der Waals surface area contributed by atoms with Gasteiger partial charge in [0.1, 0.15) is 0 Å². The van der Waals surface area contributed by atoms with Gasteiger partial charge in [-0.3, -0.25) is 9.79 Å². The SMILES string of the molecule is C#CCNC(=O)[C@H](N)CCCN=C(N)N.Cl.Cl. The molecule has 0 aliphatic rings. The van der Waals surface area contributed by atoms with Crippen molar-refractivity contribution in [2.75, 3.05) is 13.1 Å². The van der Waals surface area contributed by atoms with Crippen molar-refractivity contribution in [3.8, 4) is 12.3 Å². The first kappa shape index (κ1) is 21.2. The number of amides is 1. The third-order valence-corrected chi connectivity index (χ3v) is 1.67. The molecule has 1 amide bonds. The molecule has 0 radical (unpaired) electrons. The third kappa shape index (κ3) is 12.8. The Hall–Kier alpha value is -1.16. The summed E-state index contributed by atoms with van der Waals surface area (Å²) in [7, 11) is 0. The molecule has 0 aliphatic carbocycles. The third-order valence-electron chi connectivity index (χ3n) is 1.67. The zero-order valence-electron chi connectivity index (χ0n) is 9.39. The molecule has 0 unspecified atom stereocenters. The zero-order valence-corrected chi connectivity index (χ0v) is 11.0. The lowest BCUT2D eigenvalue weighted by Gasteiger charge is -2.09. The van der Waals surface area contributed by atoms with Crippen molar-refractivity contribution in [3.05, 3.63) is 0 Å². The number of aliphatic imine (C=N–C) groups is 1. The van der Waals surface area contributed by atoms with Gasteiger partial charge >= 0.3 is 0 Å². The number of rotatable bonds is 6. The largest absolute Gasteiger partial charge is 0.370 e. The highest BCUT2D eigenvalue weighted by molar-refractivity contribution is 5.85. The van der Waals surface area contributed by atoms with Crippen LogP contribution >= 0.6 is 24.8 Å². The number of terminal acetylenes is 1. The molecule has 0 bridgehead atoms. The molecule has 7 N–H and O–H groups in total. The van der Waals surface area contributed by atoms with Crippen LogP contribution in [0.25, 0.3) is 0 Å². The van der Waals surface area contributed by atoms with Gasteiger partial charge in [0, 0.05) is 6.54 Å². The summed E-state index contributed by atoms with van der Waals surface area (Å²) in [6.45, 7) is 0.666. The molecule has 0 fully saturated rings. The first-order valence-corrected chi connectivity index (χ1v) is 4.60. The molecule has 17 heavy (non-hydrogen) atoms. The Bertz CT molecular complexity index is 273. The Morgan fingerprint density at radius 1 is 1.41 bits per heavy atom. The van der Waals surface area contributed by atoms with Gasteiger partial charge in [0.25, 0.3) is 0 Å². The summed E-state index contributed by atoms with van der Waals surface area (Å²) >= 11 is 0. The van der Waals surface area contributed by atoms with E-state index in [1.165, 1.54) is 0 Å². The highest BCUT2D eigenvalue weighted by Gasteiger charge is 2.11. The monoisotopic (exact) mass is 283 g/mol. The summed E-state index contributed by atoms with van der Waals surface area (Å²) in [5, 5.41) is 2.50. The lowest BCUT2D eigenvalue weighted by atomic mass is 10.1. The van der Waals surface area contributed by atoms with Crippen LogP contribution in [0.1, 0.15) is 12.8 Å². The van der Waals surface area contributed by atoms with E-state index >= 15 is 0 Å². The van der Waals surface area contributed by atoms with E-state index in [4.69, 9.17) is 23.6 Å². The maximum Gasteiger partial charge on any atom is 0.237 e. The summed E-state index contributed by atoms with van der Waals surface area (Å²) in [6.07, 6.45) is 6.16. The van der Waals surface area contributed by atoms with E-state index in [0.717, 1.165) is 0 Å². The standard InChI is InChI=1S/C9H17N5O.2ClH/c1-2-5-13-8(15)7(10)4-3-6-14-9(11)12;;/h1,7H,3-6,10H2,(H,13,15)(H4,11,12,14);2*1H/t7-;;/m1../s1. The number of nitrogens with two attached hydrogens (primary N) is 3. The molecule has 1 atom stereocenters. The average Bonchev–Trinajstić information content (AvgIpc) is 2.20. The molecule has 8 heteroatoms. The fraction of sp³-hybridized carbons (Fsp3) is 0.556. The number of nitrogens with one attached hydrogen (secondary N) is 1. The molecule has 0 aromatic carbocycles. The van der Waals surface area contributed by atoms with Crippen LogP contribution in [-0.4, -0.2) is 31.0 Å². The maximum absolute atomic E-state index is 11.2. The van der Waals surface area contributed by atoms with E-state index in [0.29, 0.717) is 19.4 Å². The number of halogens is 2. The molecule has 0 spiro atoms. The number of guanidine groups is 1. The lowest BCUT2D eigenvalue weighted by Crippen LogP contribution is -2.40. The minimum atomic E-state index is -0.562. The fourth-order valence-corrected chi connectivity index (χ4v) is 0.920. The summed E-state index contributed by atoms with van der Waals surface area (Å²) in [5.74, 6) is 2.08. The fourth-order valence-electron chi connectivity index (χ4n) is 0.920. The Labute approximate surface area is 114 Å². The molecule has 0 saturated carbocycles. The second kappa shape index (κ2) is 12.9. The van der Waals surface area contributed by atoms with Gasteiger partial charge in [-0.2, -0.15) is 0 Å². The predicted molar refractivity (Wildman–Crippen MR) is 74.2 cm³/mol. The van der Waals surface area contributed by atoms with Crippen LogP contribution in [0.5, 0.6) is 0 Å². The van der Waals surface area contributed by atoms with E-state index in [-0.39, 0.29) is 43.2 Å². The molecule has 0 aromatic heterocycles. The van der Waals surface area contributed by atoms with Crippen LogP contribution in [0.15, 0.2) is 4.99 Å². The van der Waals surface area contributed by atoms with E-state index in [1.54, 1.807) is 0 Å². The average molecular weight is 284 g/mol. The number of nitrogens with zero attached hydrogens (tertiary/aromatic N) is 1. The van der Waals surface area contributed by atoms with Gasteiger partial charge in [0.15, 0.2) is 5.96 Å². The van der Waals surface area contributed by atoms with Gasteiger partial charge in [0.05, 0.1) is 12.6 Å². The van der Waals surface area contributed by atoms with Crippen molar-refractivity contribution in [2.45, 2.75) is 18.9 Å². The summed E-state index contributed by atoms with van der Waals surface area (Å²) < 4.78 is 0. The van der Waals surface area contributed by atoms with Gasteiger partial charge in [-0.25, -0.2) is 0 Å². The van der Waals surface area contributed by atoms with Crippen LogP contribution in [0.3, 0.4) is 0 Å². The molecular formula is C9H19Cl2N5O. The molecule has 100 valence electrons. The van der Waals surface area contributed by atoms with Crippen LogP contribution < -0.4 is 22.5 Å². The van der Waals surface area contributed by atoms with Crippen LogP contribution in [0.2, 0.25) is 0 Å². The van der Waals surface area contributed by atoms with Gasteiger partial charge in [0.2, 0.25) is 5.91 Å². The normalized spacial score (nSPS) is 9.88. The molecule has 0 rings (SSSR count). The van der Waals surface area contributed by atoms with Crippen LogP contribution in [0, 0.1) is 12.3 Å². The Balaban J connectivity index is -0.000000980. The van der Waals surface area contributed by atoms with E-state index < -0.39 is 6.04 Å². The second-order valence-electron chi connectivity index (χ2n) is 2.98. The first-order valence-electron chi connectivity index (χ1n) is 4.60. The van der Waals surface area contributed by atoms with Crippen molar-refractivity contribution >= 4 is 36.7 Å². The predicted octanol–water partition coefficient (Wildman–Crippen LogP) is -1.04. The molecule has 0 saturated heterocycles. The Morgan fingerprint density at radius 2 is 2.00 bits per heavy atom. The van der Waals surface area contributed by atoms with E-state index in [2.05, 4.69) is 16.2 Å². The number of carbonyl (C=O) groups excluding carboxylic acids is 1. The van der Waals surface area contributed by atoms with Crippen molar-refractivity contribution in [3.63, 3.8) is 0 Å². The van der Waals surface area contributed by atoms with Gasteiger partial charge in [-0.15, -0.1) is 31.2 Å². The Kier molecular flexibility index (Phi) is 16.1.